The molecule has 1 aliphatic heterocycles. The lowest BCUT2D eigenvalue weighted by Crippen LogP contribution is -2.24. The molecule has 2 aromatic rings. The number of carbonyl (C=O) groups excluding carboxylic acids is 1. The second-order valence-electron chi connectivity index (χ2n) is 5.36. The number of nitro benzene ring substituents is 1. The average molecular weight is 332 g/mol. The van der Waals surface area contributed by atoms with Gasteiger partial charge >= 0.3 is 0 Å². The van der Waals surface area contributed by atoms with Gasteiger partial charge in [-0.15, -0.1) is 0 Å². The standard InChI is InChI=1S/C16H14ClN3O3/c17-14-9-12(20(22)23)6-5-11(14)10-19-8-2-4-15(21)13-3-1-7-18-16(13)19/h1,3,5-7,9H,2,4,8,10H2. The Morgan fingerprint density at radius 3 is 2.91 bits per heavy atom. The van der Waals surface area contributed by atoms with Gasteiger partial charge in [-0.25, -0.2) is 4.98 Å². The van der Waals surface area contributed by atoms with Crippen molar-refractivity contribution in [1.82, 2.24) is 4.98 Å². The summed E-state index contributed by atoms with van der Waals surface area (Å²) in [4.78, 5) is 28.8. The fourth-order valence-corrected chi connectivity index (χ4v) is 2.91. The number of benzene rings is 1. The fraction of sp³-hybridized carbons (Fsp3) is 0.250. The number of carbonyl (C=O) groups is 1. The highest BCUT2D eigenvalue weighted by Crippen LogP contribution is 2.28. The molecule has 1 aromatic carbocycles. The number of pyridine rings is 1. The van der Waals surface area contributed by atoms with E-state index in [0.717, 1.165) is 12.0 Å². The molecule has 0 atom stereocenters. The Labute approximate surface area is 137 Å². The van der Waals surface area contributed by atoms with Crippen molar-refractivity contribution in [3.05, 3.63) is 62.8 Å². The zero-order valence-electron chi connectivity index (χ0n) is 12.2. The summed E-state index contributed by atoms with van der Waals surface area (Å²) in [6.45, 7) is 1.14. The van der Waals surface area contributed by atoms with Crippen LogP contribution in [0.5, 0.6) is 0 Å². The van der Waals surface area contributed by atoms with Gasteiger partial charge in [0.2, 0.25) is 0 Å². The SMILES string of the molecule is O=C1CCCN(Cc2ccc([N+](=O)[O-])cc2Cl)c2ncccc21. The lowest BCUT2D eigenvalue weighted by molar-refractivity contribution is -0.384. The number of fused-ring (bicyclic) bond motifs is 1. The van der Waals surface area contributed by atoms with Crippen LogP contribution in [0.25, 0.3) is 0 Å². The Morgan fingerprint density at radius 2 is 2.17 bits per heavy atom. The van der Waals surface area contributed by atoms with Crippen molar-refractivity contribution in [2.45, 2.75) is 19.4 Å². The number of nitrogens with zero attached hydrogens (tertiary/aromatic N) is 3. The number of rotatable bonds is 3. The second kappa shape index (κ2) is 6.34. The smallest absolute Gasteiger partial charge is 0.270 e. The van der Waals surface area contributed by atoms with Crippen molar-refractivity contribution in [1.29, 1.82) is 0 Å². The van der Waals surface area contributed by atoms with Crippen molar-refractivity contribution in [3.63, 3.8) is 0 Å². The number of halogens is 1. The van der Waals surface area contributed by atoms with Gasteiger partial charge in [0.25, 0.3) is 5.69 Å². The minimum atomic E-state index is -0.475. The van der Waals surface area contributed by atoms with E-state index in [0.29, 0.717) is 35.9 Å². The first-order valence-electron chi connectivity index (χ1n) is 7.22. The summed E-state index contributed by atoms with van der Waals surface area (Å²) in [5.41, 5.74) is 1.34. The largest absolute Gasteiger partial charge is 0.352 e. The molecule has 0 saturated heterocycles. The quantitative estimate of drug-likeness (QED) is 0.634. The predicted octanol–water partition coefficient (Wildman–Crippen LogP) is 3.63. The van der Waals surface area contributed by atoms with Gasteiger partial charge in [-0.3, -0.25) is 14.9 Å². The van der Waals surface area contributed by atoms with E-state index in [1.165, 1.54) is 12.1 Å². The first kappa shape index (κ1) is 15.4. The number of anilines is 1. The van der Waals surface area contributed by atoms with Crippen molar-refractivity contribution in [2.75, 3.05) is 11.4 Å². The van der Waals surface area contributed by atoms with Crippen molar-refractivity contribution >= 4 is 28.9 Å². The van der Waals surface area contributed by atoms with Gasteiger partial charge < -0.3 is 4.90 Å². The van der Waals surface area contributed by atoms with Crippen LogP contribution in [-0.2, 0) is 6.54 Å². The molecule has 0 unspecified atom stereocenters. The molecule has 0 radical (unpaired) electrons. The first-order valence-corrected chi connectivity index (χ1v) is 7.60. The third-order valence-corrected chi connectivity index (χ3v) is 4.18. The van der Waals surface area contributed by atoms with Crippen LogP contribution >= 0.6 is 11.6 Å². The van der Waals surface area contributed by atoms with Gasteiger partial charge in [0.15, 0.2) is 5.78 Å². The van der Waals surface area contributed by atoms with Crippen molar-refractivity contribution in [2.24, 2.45) is 0 Å². The van der Waals surface area contributed by atoms with Gasteiger partial charge in [0, 0.05) is 37.8 Å². The van der Waals surface area contributed by atoms with Crippen LogP contribution in [0.4, 0.5) is 11.5 Å². The second-order valence-corrected chi connectivity index (χ2v) is 5.76. The van der Waals surface area contributed by atoms with Gasteiger partial charge in [0.1, 0.15) is 5.82 Å². The van der Waals surface area contributed by atoms with Crippen LogP contribution in [0.15, 0.2) is 36.5 Å². The van der Waals surface area contributed by atoms with E-state index in [1.807, 2.05) is 4.90 Å². The van der Waals surface area contributed by atoms with E-state index in [1.54, 1.807) is 24.4 Å². The molecule has 0 N–H and O–H groups in total. The first-order chi connectivity index (χ1) is 11.1. The molecule has 3 rings (SSSR count). The van der Waals surface area contributed by atoms with Crippen LogP contribution in [0.1, 0.15) is 28.8 Å². The molecule has 0 aliphatic carbocycles. The van der Waals surface area contributed by atoms with E-state index in [9.17, 15) is 14.9 Å². The maximum Gasteiger partial charge on any atom is 0.270 e. The van der Waals surface area contributed by atoms with Gasteiger partial charge in [-0.05, 0) is 30.2 Å². The van der Waals surface area contributed by atoms with Gasteiger partial charge in [-0.1, -0.05) is 11.6 Å². The summed E-state index contributed by atoms with van der Waals surface area (Å²) in [6, 6.07) is 7.96. The molecule has 1 aliphatic rings. The number of non-ortho nitro benzene ring substituents is 1. The number of aromatic nitrogens is 1. The maximum absolute atomic E-state index is 12.1. The van der Waals surface area contributed by atoms with Crippen LogP contribution in [0.2, 0.25) is 5.02 Å². The number of Topliss-reactive ketones (excluding diaryl/α,β-unsaturated/α-hetero) is 1. The van der Waals surface area contributed by atoms with Crippen molar-refractivity contribution < 1.29 is 9.72 Å². The maximum atomic E-state index is 12.1. The van der Waals surface area contributed by atoms with Crippen LogP contribution < -0.4 is 4.90 Å². The molecule has 0 amide bonds. The summed E-state index contributed by atoms with van der Waals surface area (Å²) >= 11 is 6.17. The summed E-state index contributed by atoms with van der Waals surface area (Å²) in [7, 11) is 0. The summed E-state index contributed by atoms with van der Waals surface area (Å²) in [5.74, 6) is 0.731. The third kappa shape index (κ3) is 3.17. The third-order valence-electron chi connectivity index (χ3n) is 3.83. The highest BCUT2D eigenvalue weighted by molar-refractivity contribution is 6.31. The highest BCUT2D eigenvalue weighted by Gasteiger charge is 2.22. The molecule has 0 spiro atoms. The van der Waals surface area contributed by atoms with Crippen molar-refractivity contribution in [3.8, 4) is 0 Å². The molecule has 6 nitrogen and oxygen atoms in total. The van der Waals surface area contributed by atoms with Gasteiger partial charge in [-0.2, -0.15) is 0 Å². The minimum Gasteiger partial charge on any atom is -0.352 e. The predicted molar refractivity (Wildman–Crippen MR) is 87.0 cm³/mol. The summed E-state index contributed by atoms with van der Waals surface area (Å²) in [6.07, 6.45) is 2.88. The lowest BCUT2D eigenvalue weighted by atomic mass is 10.1. The number of hydrogen-bond donors (Lipinski definition) is 0. The van der Waals surface area contributed by atoms with E-state index in [2.05, 4.69) is 4.98 Å². The zero-order valence-corrected chi connectivity index (χ0v) is 13.0. The Balaban J connectivity index is 1.92. The molecule has 23 heavy (non-hydrogen) atoms. The Hall–Kier alpha value is -2.47. The van der Waals surface area contributed by atoms with E-state index in [-0.39, 0.29) is 11.5 Å². The van der Waals surface area contributed by atoms with Crippen LogP contribution in [-0.4, -0.2) is 22.2 Å². The molecule has 7 heteroatoms. The summed E-state index contributed by atoms with van der Waals surface area (Å²) < 4.78 is 0. The Bertz CT molecular complexity index is 779. The number of hydrogen-bond acceptors (Lipinski definition) is 5. The summed E-state index contributed by atoms with van der Waals surface area (Å²) in [5, 5.41) is 11.1. The number of nitro groups is 1. The molecule has 0 bridgehead atoms. The van der Waals surface area contributed by atoms with E-state index < -0.39 is 4.92 Å². The number of ketones is 1. The lowest BCUT2D eigenvalue weighted by Gasteiger charge is -2.23. The Kier molecular flexibility index (Phi) is 4.25. The minimum absolute atomic E-state index is 0.0386. The zero-order chi connectivity index (χ0) is 16.4. The van der Waals surface area contributed by atoms with E-state index in [4.69, 9.17) is 11.6 Å². The topological polar surface area (TPSA) is 76.3 Å². The molecule has 2 heterocycles. The molecule has 0 saturated carbocycles. The molecular weight excluding hydrogens is 318 g/mol. The highest BCUT2D eigenvalue weighted by atomic mass is 35.5. The monoisotopic (exact) mass is 331 g/mol. The van der Waals surface area contributed by atoms with Gasteiger partial charge in [0.05, 0.1) is 15.5 Å². The van der Waals surface area contributed by atoms with Crippen LogP contribution in [0, 0.1) is 10.1 Å². The normalized spacial score (nSPS) is 14.3. The van der Waals surface area contributed by atoms with E-state index >= 15 is 0 Å². The van der Waals surface area contributed by atoms with Crippen LogP contribution in [0.3, 0.4) is 0 Å². The Morgan fingerprint density at radius 1 is 1.35 bits per heavy atom. The fourth-order valence-electron chi connectivity index (χ4n) is 2.68. The molecule has 118 valence electrons. The molecule has 1 aromatic heterocycles. The average Bonchev–Trinajstić information content (AvgIpc) is 2.69. The molecular formula is C16H14ClN3O3. The molecule has 0 fully saturated rings.